The highest BCUT2D eigenvalue weighted by Crippen LogP contribution is 2.30. The molecule has 0 saturated carbocycles. The van der Waals surface area contributed by atoms with Gasteiger partial charge in [0.15, 0.2) is 0 Å². The Morgan fingerprint density at radius 2 is 2.07 bits per heavy atom. The lowest BCUT2D eigenvalue weighted by Crippen LogP contribution is -2.22. The summed E-state index contributed by atoms with van der Waals surface area (Å²) in [5.74, 6) is 1.84. The van der Waals surface area contributed by atoms with Crippen LogP contribution in [0.5, 0.6) is 5.75 Å². The molecule has 1 fully saturated rings. The molecule has 1 aromatic carbocycles. The number of thioether (sulfide) groups is 1. The maximum Gasteiger partial charge on any atom is 0.269 e. The van der Waals surface area contributed by atoms with E-state index in [2.05, 4.69) is 0 Å². The van der Waals surface area contributed by atoms with Gasteiger partial charge in [0.1, 0.15) is 11.2 Å². The number of rotatable bonds is 3. The molecule has 0 bridgehead atoms. The van der Waals surface area contributed by atoms with Gasteiger partial charge >= 0.3 is 0 Å². The van der Waals surface area contributed by atoms with Crippen molar-refractivity contribution >= 4 is 17.4 Å². The van der Waals surface area contributed by atoms with E-state index < -0.39 is 4.92 Å². The van der Waals surface area contributed by atoms with E-state index in [4.69, 9.17) is 4.74 Å². The van der Waals surface area contributed by atoms with Crippen LogP contribution < -0.4 is 4.74 Å². The second-order valence-electron chi connectivity index (χ2n) is 2.96. The van der Waals surface area contributed by atoms with Gasteiger partial charge in [-0.15, -0.1) is 11.8 Å². The third kappa shape index (κ3) is 1.98. The van der Waals surface area contributed by atoms with Gasteiger partial charge in [0.2, 0.25) is 0 Å². The number of non-ortho nitro benzene ring substituents is 1. The van der Waals surface area contributed by atoms with Crippen LogP contribution in [0.15, 0.2) is 24.3 Å². The van der Waals surface area contributed by atoms with Gasteiger partial charge in [-0.1, -0.05) is 0 Å². The minimum absolute atomic E-state index is 0.0959. The average Bonchev–Trinajstić information content (AvgIpc) is 2.12. The summed E-state index contributed by atoms with van der Waals surface area (Å²) in [7, 11) is 0. The molecule has 0 radical (unpaired) electrons. The number of nitrogens with zero attached hydrogens (tertiary/aromatic N) is 1. The average molecular weight is 211 g/mol. The second kappa shape index (κ2) is 3.88. The predicted octanol–water partition coefficient (Wildman–Crippen LogP) is 2.44. The van der Waals surface area contributed by atoms with Crippen molar-refractivity contribution in [2.45, 2.75) is 11.9 Å². The molecule has 0 spiro atoms. The zero-order chi connectivity index (χ0) is 9.97. The number of ether oxygens (including phenoxy) is 1. The van der Waals surface area contributed by atoms with E-state index in [1.165, 1.54) is 12.1 Å². The van der Waals surface area contributed by atoms with Crippen molar-refractivity contribution in [3.8, 4) is 5.75 Å². The summed E-state index contributed by atoms with van der Waals surface area (Å²) in [4.78, 5) is 9.95. The molecule has 1 unspecified atom stereocenters. The fourth-order valence-electron chi connectivity index (χ4n) is 1.11. The van der Waals surface area contributed by atoms with E-state index in [0.717, 1.165) is 12.2 Å². The maximum absolute atomic E-state index is 10.4. The monoisotopic (exact) mass is 211 g/mol. The molecule has 1 aliphatic rings. The topological polar surface area (TPSA) is 52.4 Å². The summed E-state index contributed by atoms with van der Waals surface area (Å²) in [5.41, 5.74) is 0.329. The highest BCUT2D eigenvalue weighted by atomic mass is 32.2. The van der Waals surface area contributed by atoms with Crippen molar-refractivity contribution in [1.29, 1.82) is 0 Å². The molecule has 1 heterocycles. The van der Waals surface area contributed by atoms with Crippen molar-refractivity contribution < 1.29 is 9.66 Å². The quantitative estimate of drug-likeness (QED) is 0.569. The van der Waals surface area contributed by atoms with Crippen LogP contribution >= 0.6 is 11.8 Å². The van der Waals surface area contributed by atoms with Crippen LogP contribution in [0.2, 0.25) is 0 Å². The minimum atomic E-state index is -0.415. The fraction of sp³-hybridized carbons (Fsp3) is 0.333. The fourth-order valence-corrected chi connectivity index (χ4v) is 1.71. The molecule has 5 heteroatoms. The maximum atomic E-state index is 10.4. The van der Waals surface area contributed by atoms with E-state index in [0.29, 0.717) is 5.75 Å². The second-order valence-corrected chi connectivity index (χ2v) is 4.23. The van der Waals surface area contributed by atoms with Crippen molar-refractivity contribution in [1.82, 2.24) is 0 Å². The molecular formula is C9H9NO3S. The highest BCUT2D eigenvalue weighted by molar-refractivity contribution is 8.01. The zero-order valence-electron chi connectivity index (χ0n) is 7.38. The van der Waals surface area contributed by atoms with Crippen molar-refractivity contribution in [3.63, 3.8) is 0 Å². The third-order valence-corrected chi connectivity index (χ3v) is 3.15. The smallest absolute Gasteiger partial charge is 0.269 e. The van der Waals surface area contributed by atoms with Gasteiger partial charge < -0.3 is 4.74 Å². The molecule has 4 nitrogen and oxygen atoms in total. The summed E-state index contributed by atoms with van der Waals surface area (Å²) >= 11 is 1.75. The van der Waals surface area contributed by atoms with Crippen LogP contribution in [-0.4, -0.2) is 16.1 Å². The van der Waals surface area contributed by atoms with Gasteiger partial charge in [0, 0.05) is 24.3 Å². The van der Waals surface area contributed by atoms with E-state index in [-0.39, 0.29) is 11.1 Å². The van der Waals surface area contributed by atoms with Crippen LogP contribution in [0.3, 0.4) is 0 Å². The van der Waals surface area contributed by atoms with E-state index in [9.17, 15) is 10.1 Å². The Labute approximate surface area is 85.4 Å². The molecule has 0 amide bonds. The standard InChI is InChI=1S/C9H9NO3S/c11-10(12)7-1-3-8(4-2-7)13-9-5-6-14-9/h1-4,9H,5-6H2. The number of hydrogen-bond acceptors (Lipinski definition) is 4. The Morgan fingerprint density at radius 3 is 2.50 bits per heavy atom. The largest absolute Gasteiger partial charge is 0.480 e. The summed E-state index contributed by atoms with van der Waals surface area (Å²) in [6.07, 6.45) is 1.06. The van der Waals surface area contributed by atoms with Gasteiger partial charge in [-0.25, -0.2) is 0 Å². The first-order valence-electron chi connectivity index (χ1n) is 4.28. The van der Waals surface area contributed by atoms with Gasteiger partial charge in [-0.2, -0.15) is 0 Å². The summed E-state index contributed by atoms with van der Waals surface area (Å²) in [6.45, 7) is 0. The van der Waals surface area contributed by atoms with Crippen LogP contribution in [-0.2, 0) is 0 Å². The van der Waals surface area contributed by atoms with Crippen LogP contribution in [0.4, 0.5) is 5.69 Å². The molecule has 1 atom stereocenters. The first-order valence-corrected chi connectivity index (χ1v) is 5.33. The van der Waals surface area contributed by atoms with Crippen molar-refractivity contribution in [2.24, 2.45) is 0 Å². The van der Waals surface area contributed by atoms with Gasteiger partial charge in [-0.3, -0.25) is 10.1 Å². The summed E-state index contributed by atoms with van der Waals surface area (Å²) < 4.78 is 5.53. The first-order chi connectivity index (χ1) is 6.75. The highest BCUT2D eigenvalue weighted by Gasteiger charge is 2.19. The summed E-state index contributed by atoms with van der Waals surface area (Å²) in [6, 6.07) is 6.19. The van der Waals surface area contributed by atoms with Crippen LogP contribution in [0.25, 0.3) is 0 Å². The zero-order valence-corrected chi connectivity index (χ0v) is 8.20. The number of benzene rings is 1. The predicted molar refractivity (Wildman–Crippen MR) is 54.6 cm³/mol. The third-order valence-electron chi connectivity index (χ3n) is 1.97. The Kier molecular flexibility index (Phi) is 2.58. The minimum Gasteiger partial charge on any atom is -0.480 e. The Morgan fingerprint density at radius 1 is 1.43 bits per heavy atom. The van der Waals surface area contributed by atoms with Gasteiger partial charge in [-0.05, 0) is 12.1 Å². The van der Waals surface area contributed by atoms with Crippen molar-refractivity contribution in [3.05, 3.63) is 34.4 Å². The lowest BCUT2D eigenvalue weighted by atomic mass is 10.3. The normalized spacial score (nSPS) is 19.9. The van der Waals surface area contributed by atoms with E-state index >= 15 is 0 Å². The van der Waals surface area contributed by atoms with Crippen LogP contribution in [0, 0.1) is 10.1 Å². The van der Waals surface area contributed by atoms with Crippen LogP contribution in [0.1, 0.15) is 6.42 Å². The number of hydrogen-bond donors (Lipinski definition) is 0. The van der Waals surface area contributed by atoms with Crippen molar-refractivity contribution in [2.75, 3.05) is 5.75 Å². The van der Waals surface area contributed by atoms with E-state index in [1.54, 1.807) is 23.9 Å². The molecule has 74 valence electrons. The Hall–Kier alpha value is -1.23. The lowest BCUT2D eigenvalue weighted by molar-refractivity contribution is -0.384. The molecule has 0 aliphatic carbocycles. The molecule has 0 aromatic heterocycles. The van der Waals surface area contributed by atoms with Gasteiger partial charge in [0.25, 0.3) is 5.69 Å². The molecule has 2 rings (SSSR count). The SMILES string of the molecule is O=[N+]([O-])c1ccc(OC2CCS2)cc1. The Bertz CT molecular complexity index is 334. The molecule has 1 saturated heterocycles. The lowest BCUT2D eigenvalue weighted by Gasteiger charge is -2.25. The first kappa shape index (κ1) is 9.33. The molecular weight excluding hydrogens is 202 g/mol. The number of nitro benzene ring substituents is 1. The van der Waals surface area contributed by atoms with E-state index in [1.807, 2.05) is 0 Å². The van der Waals surface area contributed by atoms with Gasteiger partial charge in [0.05, 0.1) is 4.92 Å². The number of nitro groups is 1. The molecule has 1 aromatic rings. The summed E-state index contributed by atoms with van der Waals surface area (Å²) in [5, 5.41) is 10.4. The molecule has 1 aliphatic heterocycles. The molecule has 0 N–H and O–H groups in total. The Balaban J connectivity index is 2.01. The molecule has 14 heavy (non-hydrogen) atoms.